The highest BCUT2D eigenvalue weighted by Gasteiger charge is 2.33. The number of hydrogen-bond donors (Lipinski definition) is 0. The second-order valence-electron chi connectivity index (χ2n) is 2.43. The van der Waals surface area contributed by atoms with Crippen LogP contribution in [0.4, 0.5) is 13.2 Å². The summed E-state index contributed by atoms with van der Waals surface area (Å²) in [5, 5.41) is 0. The monoisotopic (exact) mass is 199 g/mol. The Morgan fingerprint density at radius 1 is 1.43 bits per heavy atom. The number of aromatic nitrogens is 1. The predicted molar refractivity (Wildman–Crippen MR) is 42.6 cm³/mol. The lowest BCUT2D eigenvalue weighted by molar-refractivity contribution is -0.141. The Balaban J connectivity index is 3.33. The van der Waals surface area contributed by atoms with Crippen LogP contribution in [0.3, 0.4) is 0 Å². The number of pyridine rings is 1. The molecule has 0 saturated heterocycles. The molecule has 0 saturated carbocycles. The quantitative estimate of drug-likeness (QED) is 0.510. The summed E-state index contributed by atoms with van der Waals surface area (Å²) >= 11 is 0. The van der Waals surface area contributed by atoms with Crippen molar-refractivity contribution in [3.63, 3.8) is 0 Å². The molecule has 5 heteroatoms. The van der Waals surface area contributed by atoms with E-state index in [0.717, 1.165) is 6.07 Å². The Morgan fingerprint density at radius 3 is 2.50 bits per heavy atom. The summed E-state index contributed by atoms with van der Waals surface area (Å²) in [4.78, 5) is 13.3. The first kappa shape index (κ1) is 10.3. The van der Waals surface area contributed by atoms with Gasteiger partial charge in [-0.15, -0.1) is 6.42 Å². The van der Waals surface area contributed by atoms with Gasteiger partial charge in [-0.2, -0.15) is 13.2 Å². The summed E-state index contributed by atoms with van der Waals surface area (Å²) in [6, 6.07) is 1.83. The van der Waals surface area contributed by atoms with E-state index in [9.17, 15) is 18.0 Å². The summed E-state index contributed by atoms with van der Waals surface area (Å²) < 4.78 is 36.5. The molecule has 0 N–H and O–H groups in total. The van der Waals surface area contributed by atoms with Crippen LogP contribution >= 0.6 is 0 Å². The number of aldehydes is 1. The van der Waals surface area contributed by atoms with Crippen molar-refractivity contribution in [1.29, 1.82) is 0 Å². The molecule has 0 amide bonds. The van der Waals surface area contributed by atoms with Crippen LogP contribution in [0, 0.1) is 12.3 Å². The van der Waals surface area contributed by atoms with E-state index < -0.39 is 11.9 Å². The van der Waals surface area contributed by atoms with Gasteiger partial charge < -0.3 is 0 Å². The fraction of sp³-hybridized carbons (Fsp3) is 0.111. The van der Waals surface area contributed by atoms with Crippen molar-refractivity contribution in [2.24, 2.45) is 0 Å². The first-order valence-corrected chi connectivity index (χ1v) is 3.48. The first-order valence-electron chi connectivity index (χ1n) is 3.48. The van der Waals surface area contributed by atoms with Crippen LogP contribution in [-0.4, -0.2) is 11.3 Å². The molecule has 1 aromatic heterocycles. The molecular formula is C9H4F3NO. The maximum absolute atomic E-state index is 12.2. The van der Waals surface area contributed by atoms with Gasteiger partial charge in [-0.25, -0.2) is 4.98 Å². The van der Waals surface area contributed by atoms with Crippen molar-refractivity contribution in [2.45, 2.75) is 6.18 Å². The van der Waals surface area contributed by atoms with E-state index in [1.807, 2.05) is 5.92 Å². The van der Waals surface area contributed by atoms with Crippen molar-refractivity contribution in [2.75, 3.05) is 0 Å². The third-order valence-electron chi connectivity index (χ3n) is 1.42. The van der Waals surface area contributed by atoms with E-state index in [1.54, 1.807) is 0 Å². The van der Waals surface area contributed by atoms with Gasteiger partial charge in [0, 0.05) is 5.56 Å². The molecule has 1 rings (SSSR count). The average molecular weight is 199 g/mol. The minimum Gasteiger partial charge on any atom is -0.296 e. The van der Waals surface area contributed by atoms with Crippen LogP contribution in [0.15, 0.2) is 12.1 Å². The van der Waals surface area contributed by atoms with Crippen LogP contribution in [0.2, 0.25) is 0 Å². The molecule has 1 aromatic rings. The Bertz CT molecular complexity index is 403. The highest BCUT2D eigenvalue weighted by molar-refractivity contribution is 5.72. The smallest absolute Gasteiger partial charge is 0.296 e. The average Bonchev–Trinajstić information content (AvgIpc) is 2.15. The van der Waals surface area contributed by atoms with Crippen molar-refractivity contribution in [1.82, 2.24) is 4.98 Å². The molecule has 0 atom stereocenters. The fourth-order valence-corrected chi connectivity index (χ4v) is 0.841. The zero-order valence-corrected chi connectivity index (χ0v) is 6.80. The van der Waals surface area contributed by atoms with Gasteiger partial charge >= 0.3 is 6.18 Å². The fourth-order valence-electron chi connectivity index (χ4n) is 0.841. The lowest BCUT2D eigenvalue weighted by Gasteiger charge is -2.06. The Morgan fingerprint density at radius 2 is 2.07 bits per heavy atom. The topological polar surface area (TPSA) is 30.0 Å². The van der Waals surface area contributed by atoms with Gasteiger partial charge in [0.1, 0.15) is 11.4 Å². The number of rotatable bonds is 1. The minimum atomic E-state index is -4.59. The van der Waals surface area contributed by atoms with Crippen LogP contribution in [0.1, 0.15) is 21.7 Å². The molecule has 0 aliphatic rings. The van der Waals surface area contributed by atoms with Gasteiger partial charge in [0.15, 0.2) is 6.29 Å². The molecule has 0 fully saturated rings. The summed E-state index contributed by atoms with van der Waals surface area (Å²) in [7, 11) is 0. The second kappa shape index (κ2) is 3.50. The van der Waals surface area contributed by atoms with Crippen LogP contribution in [0.25, 0.3) is 0 Å². The number of carbonyl (C=O) groups excluding carboxylic acids is 1. The van der Waals surface area contributed by atoms with E-state index in [1.165, 1.54) is 0 Å². The largest absolute Gasteiger partial charge is 0.433 e. The summed E-state index contributed by atoms with van der Waals surface area (Å²) in [6.45, 7) is 0. The molecule has 14 heavy (non-hydrogen) atoms. The van der Waals surface area contributed by atoms with Gasteiger partial charge in [-0.1, -0.05) is 5.92 Å². The van der Waals surface area contributed by atoms with E-state index in [0.29, 0.717) is 6.07 Å². The summed E-state index contributed by atoms with van der Waals surface area (Å²) in [5.74, 6) is 2.02. The van der Waals surface area contributed by atoms with E-state index >= 15 is 0 Å². The van der Waals surface area contributed by atoms with Gasteiger partial charge in [0.05, 0.1) is 0 Å². The molecule has 0 unspecified atom stereocenters. The molecule has 0 aromatic carbocycles. The first-order chi connectivity index (χ1) is 6.47. The number of nitrogens with zero attached hydrogens (tertiary/aromatic N) is 1. The summed E-state index contributed by atoms with van der Waals surface area (Å²) in [5.41, 5.74) is -1.50. The molecule has 0 bridgehead atoms. The molecule has 0 spiro atoms. The normalized spacial score (nSPS) is 10.7. The maximum Gasteiger partial charge on any atom is 0.433 e. The third-order valence-corrected chi connectivity index (χ3v) is 1.42. The van der Waals surface area contributed by atoms with Gasteiger partial charge in [0.25, 0.3) is 0 Å². The lowest BCUT2D eigenvalue weighted by atomic mass is 10.2. The third kappa shape index (κ3) is 2.10. The Kier molecular flexibility index (Phi) is 2.56. The van der Waals surface area contributed by atoms with Crippen LogP contribution < -0.4 is 0 Å². The van der Waals surface area contributed by atoms with E-state index in [2.05, 4.69) is 4.98 Å². The zero-order valence-electron chi connectivity index (χ0n) is 6.80. The molecular weight excluding hydrogens is 195 g/mol. The SMILES string of the molecule is C#Cc1cc(C=O)nc(C(F)(F)F)c1. The second-order valence-corrected chi connectivity index (χ2v) is 2.43. The lowest BCUT2D eigenvalue weighted by Crippen LogP contribution is -2.09. The Hall–Kier alpha value is -1.83. The number of terminal acetylenes is 1. The molecule has 0 aliphatic heterocycles. The highest BCUT2D eigenvalue weighted by atomic mass is 19.4. The number of hydrogen-bond acceptors (Lipinski definition) is 2. The molecule has 1 heterocycles. The molecule has 0 aliphatic carbocycles. The van der Waals surface area contributed by atoms with Crippen molar-refractivity contribution < 1.29 is 18.0 Å². The number of alkyl halides is 3. The molecule has 2 nitrogen and oxygen atoms in total. The van der Waals surface area contributed by atoms with E-state index in [4.69, 9.17) is 6.42 Å². The zero-order chi connectivity index (χ0) is 10.8. The van der Waals surface area contributed by atoms with Crippen molar-refractivity contribution in [3.8, 4) is 12.3 Å². The Labute approximate surface area is 77.8 Å². The highest BCUT2D eigenvalue weighted by Crippen LogP contribution is 2.28. The standard InChI is InChI=1S/C9H4F3NO/c1-2-6-3-7(5-14)13-8(4-6)9(10,11)12/h1,3-5H. The number of halogens is 3. The minimum absolute atomic E-state index is 0.0191. The summed E-state index contributed by atoms with van der Waals surface area (Å²) in [6.07, 6.45) is 0.550. The maximum atomic E-state index is 12.2. The van der Waals surface area contributed by atoms with Gasteiger partial charge in [-0.3, -0.25) is 4.79 Å². The number of carbonyl (C=O) groups is 1. The van der Waals surface area contributed by atoms with Gasteiger partial charge in [0.2, 0.25) is 0 Å². The van der Waals surface area contributed by atoms with Crippen LogP contribution in [0.5, 0.6) is 0 Å². The van der Waals surface area contributed by atoms with Gasteiger partial charge in [-0.05, 0) is 12.1 Å². The molecule has 0 radical (unpaired) electrons. The van der Waals surface area contributed by atoms with Crippen molar-refractivity contribution in [3.05, 3.63) is 29.1 Å². The van der Waals surface area contributed by atoms with Crippen LogP contribution in [-0.2, 0) is 6.18 Å². The van der Waals surface area contributed by atoms with Crippen molar-refractivity contribution >= 4 is 6.29 Å². The van der Waals surface area contributed by atoms with E-state index in [-0.39, 0.29) is 17.5 Å². The predicted octanol–water partition coefficient (Wildman–Crippen LogP) is 1.89. The molecule has 72 valence electrons.